The van der Waals surface area contributed by atoms with Crippen LogP contribution < -0.4 is 10.5 Å². The van der Waals surface area contributed by atoms with Crippen LogP contribution in [0.25, 0.3) is 0 Å². The van der Waals surface area contributed by atoms with E-state index in [0.717, 1.165) is 6.07 Å². The number of carbonyl (C=O) groups excluding carboxylic acids is 1. The number of nitrogens with two attached hydrogens (primary N) is 1. The summed E-state index contributed by atoms with van der Waals surface area (Å²) < 4.78 is 22.4. The van der Waals surface area contributed by atoms with Gasteiger partial charge in [0.2, 0.25) is 15.9 Å². The lowest BCUT2D eigenvalue weighted by Gasteiger charge is -2.16. The summed E-state index contributed by atoms with van der Waals surface area (Å²) in [4.78, 5) is 24.0. The van der Waals surface area contributed by atoms with E-state index in [1.165, 1.54) is 17.0 Å². The first-order valence-corrected chi connectivity index (χ1v) is 7.59. The van der Waals surface area contributed by atoms with Crippen molar-refractivity contribution in [1.29, 1.82) is 0 Å². The lowest BCUT2D eigenvalue weighted by Crippen LogP contribution is -2.32. The molecule has 0 spiro atoms. The Kier molecular flexibility index (Phi) is 5.28. The van der Waals surface area contributed by atoms with Gasteiger partial charge in [0.1, 0.15) is 0 Å². The molecule has 0 radical (unpaired) electrons. The molecule has 1 aromatic rings. The maximum atomic E-state index is 11.7. The Morgan fingerprint density at radius 3 is 2.48 bits per heavy atom. The van der Waals surface area contributed by atoms with Gasteiger partial charge in [-0.2, -0.15) is 0 Å². The van der Waals surface area contributed by atoms with Gasteiger partial charge < -0.3 is 15.3 Å². The fourth-order valence-corrected chi connectivity index (χ4v) is 2.05. The van der Waals surface area contributed by atoms with Crippen LogP contribution in [-0.2, 0) is 14.8 Å². The van der Waals surface area contributed by atoms with E-state index in [1.54, 1.807) is 7.05 Å². The highest BCUT2D eigenvalue weighted by Crippen LogP contribution is 2.20. The number of hydrogen-bond acceptors (Lipinski definition) is 5. The molecule has 1 aromatic carbocycles. The maximum absolute atomic E-state index is 11.7. The van der Waals surface area contributed by atoms with E-state index in [4.69, 9.17) is 10.2 Å². The Bertz CT molecular complexity index is 657. The predicted octanol–water partition coefficient (Wildman–Crippen LogP) is -0.0776. The Labute approximate surface area is 122 Å². The summed E-state index contributed by atoms with van der Waals surface area (Å²) in [6, 6.07) is 3.40. The summed E-state index contributed by atoms with van der Waals surface area (Å²) in [6.45, 7) is 2.23. The zero-order valence-corrected chi connectivity index (χ0v) is 12.5. The summed E-state index contributed by atoms with van der Waals surface area (Å²) in [7, 11) is -2.37. The average Bonchev–Trinajstić information content (AvgIpc) is 2.42. The number of sulfonamides is 1. The summed E-state index contributed by atoms with van der Waals surface area (Å²) in [5, 5.41) is 16.7. The van der Waals surface area contributed by atoms with Gasteiger partial charge in [-0.15, -0.1) is 0 Å². The average molecular weight is 315 g/mol. The van der Waals surface area contributed by atoms with Gasteiger partial charge in [-0.3, -0.25) is 4.79 Å². The van der Waals surface area contributed by atoms with Crippen molar-refractivity contribution in [3.05, 3.63) is 23.8 Å². The van der Waals surface area contributed by atoms with Crippen LogP contribution in [0.15, 0.2) is 23.1 Å². The Morgan fingerprint density at radius 1 is 1.38 bits per heavy atom. The maximum Gasteiger partial charge on any atom is 0.337 e. The van der Waals surface area contributed by atoms with Crippen LogP contribution in [0, 0.1) is 0 Å². The normalized spacial score (nSPS) is 11.0. The molecule has 0 saturated carbocycles. The Morgan fingerprint density at radius 2 is 2.00 bits per heavy atom. The number of carboxylic acids is 1. The van der Waals surface area contributed by atoms with Crippen molar-refractivity contribution in [3.63, 3.8) is 0 Å². The predicted molar refractivity (Wildman–Crippen MR) is 76.6 cm³/mol. The van der Waals surface area contributed by atoms with E-state index in [-0.39, 0.29) is 28.6 Å². The van der Waals surface area contributed by atoms with Crippen LogP contribution in [0.5, 0.6) is 0 Å². The van der Waals surface area contributed by atoms with Crippen molar-refractivity contribution >= 4 is 27.6 Å². The molecule has 0 aromatic heterocycles. The second kappa shape index (κ2) is 6.55. The third-order valence-electron chi connectivity index (χ3n) is 2.88. The van der Waals surface area contributed by atoms with Crippen molar-refractivity contribution in [2.45, 2.75) is 11.8 Å². The third-order valence-corrected chi connectivity index (χ3v) is 3.79. The van der Waals surface area contributed by atoms with Gasteiger partial charge in [-0.1, -0.05) is 0 Å². The van der Waals surface area contributed by atoms with Gasteiger partial charge in [0.25, 0.3) is 0 Å². The highest BCUT2D eigenvalue weighted by Gasteiger charge is 2.16. The molecule has 0 bridgehead atoms. The fraction of sp³-hybridized carbons (Fsp3) is 0.333. The number of aromatic carboxylic acids is 1. The number of nitrogens with zero attached hydrogens (tertiary/aromatic N) is 1. The lowest BCUT2D eigenvalue weighted by molar-refractivity contribution is -0.127. The van der Waals surface area contributed by atoms with Gasteiger partial charge >= 0.3 is 5.97 Å². The molecule has 0 aliphatic carbocycles. The molecule has 0 aliphatic rings. The number of hydrogen-bond donors (Lipinski definition) is 3. The van der Waals surface area contributed by atoms with Crippen LogP contribution in [0.2, 0.25) is 0 Å². The monoisotopic (exact) mass is 315 g/mol. The fourth-order valence-electron chi connectivity index (χ4n) is 1.51. The topological polar surface area (TPSA) is 130 Å². The number of primary sulfonamides is 1. The smallest absolute Gasteiger partial charge is 0.337 e. The summed E-state index contributed by atoms with van der Waals surface area (Å²) in [5.41, 5.74) is -0.124. The van der Waals surface area contributed by atoms with Gasteiger partial charge in [0.05, 0.1) is 17.0 Å². The molecule has 0 aliphatic heterocycles. The van der Waals surface area contributed by atoms with E-state index in [1.807, 2.05) is 6.92 Å². The first kappa shape index (κ1) is 16.9. The molecule has 4 N–H and O–H groups in total. The van der Waals surface area contributed by atoms with E-state index in [0.29, 0.717) is 6.54 Å². The van der Waals surface area contributed by atoms with Crippen LogP contribution in [0.3, 0.4) is 0 Å². The number of rotatable bonds is 6. The quantitative estimate of drug-likeness (QED) is 0.673. The summed E-state index contributed by atoms with van der Waals surface area (Å²) in [6.07, 6.45) is 0. The highest BCUT2D eigenvalue weighted by atomic mass is 32.2. The van der Waals surface area contributed by atoms with Gasteiger partial charge in [-0.05, 0) is 25.1 Å². The van der Waals surface area contributed by atoms with E-state index in [9.17, 15) is 18.0 Å². The van der Waals surface area contributed by atoms with Crippen LogP contribution in [0.1, 0.15) is 17.3 Å². The molecule has 8 nitrogen and oxygen atoms in total. The number of amides is 1. The van der Waals surface area contributed by atoms with Gasteiger partial charge in [-0.25, -0.2) is 18.4 Å². The first-order valence-electron chi connectivity index (χ1n) is 6.04. The second-order valence-corrected chi connectivity index (χ2v) is 5.88. The van der Waals surface area contributed by atoms with Crippen molar-refractivity contribution in [2.24, 2.45) is 5.14 Å². The van der Waals surface area contributed by atoms with Crippen LogP contribution in [0.4, 0.5) is 5.69 Å². The van der Waals surface area contributed by atoms with Crippen molar-refractivity contribution in [2.75, 3.05) is 25.5 Å². The number of carbonyl (C=O) groups is 2. The number of likely N-dealkylation sites (N-methyl/N-ethyl adjacent to an activating group) is 1. The number of anilines is 1. The highest BCUT2D eigenvalue weighted by molar-refractivity contribution is 7.89. The molecular weight excluding hydrogens is 298 g/mol. The minimum atomic E-state index is -3.99. The zero-order chi connectivity index (χ0) is 16.2. The summed E-state index contributed by atoms with van der Waals surface area (Å²) in [5.74, 6) is -1.54. The lowest BCUT2D eigenvalue weighted by atomic mass is 10.2. The molecule has 0 atom stereocenters. The molecule has 0 heterocycles. The molecule has 9 heteroatoms. The molecule has 1 rings (SSSR count). The second-order valence-electron chi connectivity index (χ2n) is 4.32. The van der Waals surface area contributed by atoms with E-state index >= 15 is 0 Å². The first-order chi connectivity index (χ1) is 9.66. The van der Waals surface area contributed by atoms with Crippen molar-refractivity contribution in [3.8, 4) is 0 Å². The molecule has 0 fully saturated rings. The molecule has 21 heavy (non-hydrogen) atoms. The van der Waals surface area contributed by atoms with Crippen LogP contribution >= 0.6 is 0 Å². The molecular formula is C12H17N3O5S. The Hall–Kier alpha value is -2.13. The molecule has 0 unspecified atom stereocenters. The number of carboxylic acid groups (broad SMARTS) is 1. The summed E-state index contributed by atoms with van der Waals surface area (Å²) >= 11 is 0. The van der Waals surface area contributed by atoms with Crippen molar-refractivity contribution < 1.29 is 23.1 Å². The zero-order valence-electron chi connectivity index (χ0n) is 11.7. The van der Waals surface area contributed by atoms with E-state index < -0.39 is 16.0 Å². The minimum Gasteiger partial charge on any atom is -0.478 e. The van der Waals surface area contributed by atoms with Gasteiger partial charge in [0.15, 0.2) is 0 Å². The number of benzene rings is 1. The third kappa shape index (κ3) is 4.43. The molecule has 1 amide bonds. The van der Waals surface area contributed by atoms with Crippen LogP contribution in [-0.4, -0.2) is 50.4 Å². The molecule has 116 valence electrons. The minimum absolute atomic E-state index is 0.0979. The largest absolute Gasteiger partial charge is 0.478 e. The Balaban J connectivity index is 3.03. The molecule has 0 saturated heterocycles. The number of nitrogens with one attached hydrogen (secondary N) is 1. The SMILES string of the molecule is CCN(C)C(=O)CNc1ccc(S(N)(=O)=O)cc1C(=O)O. The standard InChI is InChI=1S/C12H17N3O5S/c1-3-15(2)11(16)7-14-10-5-4-8(21(13,19)20)6-9(10)12(17)18/h4-6,14H,3,7H2,1-2H3,(H,17,18)(H2,13,19,20). The van der Waals surface area contributed by atoms with E-state index in [2.05, 4.69) is 5.32 Å². The van der Waals surface area contributed by atoms with Gasteiger partial charge in [0, 0.05) is 19.3 Å². The van der Waals surface area contributed by atoms with Crippen molar-refractivity contribution in [1.82, 2.24) is 4.90 Å².